The lowest BCUT2D eigenvalue weighted by Gasteiger charge is -2.29. The summed E-state index contributed by atoms with van der Waals surface area (Å²) in [7, 11) is -2.89. The van der Waals surface area contributed by atoms with Crippen LogP contribution in [0.15, 0.2) is 0 Å². The second-order valence-electron chi connectivity index (χ2n) is 4.80. The lowest BCUT2D eigenvalue weighted by atomic mass is 9.91. The smallest absolute Gasteiger partial charge is 0.461 e. The van der Waals surface area contributed by atoms with Crippen LogP contribution in [0.5, 0.6) is 0 Å². The van der Waals surface area contributed by atoms with Crippen molar-refractivity contribution in [3.63, 3.8) is 0 Å². The molecule has 114 valence electrons. The van der Waals surface area contributed by atoms with Gasteiger partial charge in [0.15, 0.2) is 6.23 Å². The van der Waals surface area contributed by atoms with Crippen molar-refractivity contribution in [2.24, 2.45) is 5.41 Å². The van der Waals surface area contributed by atoms with Crippen molar-refractivity contribution in [2.75, 3.05) is 26.1 Å². The van der Waals surface area contributed by atoms with Gasteiger partial charge in [-0.25, -0.2) is 0 Å². The summed E-state index contributed by atoms with van der Waals surface area (Å²) in [4.78, 5) is 12.0. The molecule has 6 heteroatoms. The summed E-state index contributed by atoms with van der Waals surface area (Å²) < 4.78 is 22.2. The number of hydrogen-bond donors (Lipinski definition) is 0. The van der Waals surface area contributed by atoms with Gasteiger partial charge in [0.2, 0.25) is 0 Å². The third kappa shape index (κ3) is 6.03. The normalized spacial score (nSPS) is 12.5. The van der Waals surface area contributed by atoms with Gasteiger partial charge in [-0.3, -0.25) is 4.79 Å². The Balaban J connectivity index is 4.68. The maximum atomic E-state index is 12.0. The highest BCUT2D eigenvalue weighted by molar-refractivity contribution is 6.60. The third-order valence-electron chi connectivity index (χ3n) is 2.91. The molecule has 0 aliphatic carbocycles. The summed E-state index contributed by atoms with van der Waals surface area (Å²) in [5.74, 6) is -0.244. The summed E-state index contributed by atoms with van der Waals surface area (Å²) in [5, 5.41) is 0. The molecule has 0 radical (unpaired) electrons. The highest BCUT2D eigenvalue weighted by Gasteiger charge is 2.43. The second kappa shape index (κ2) is 8.68. The van der Waals surface area contributed by atoms with Crippen molar-refractivity contribution >= 4 is 14.8 Å². The monoisotopic (exact) mass is 292 g/mol. The molecule has 0 saturated carbocycles. The van der Waals surface area contributed by atoms with Gasteiger partial charge in [0.1, 0.15) is 0 Å². The quantitative estimate of drug-likeness (QED) is 0.457. The topological polar surface area (TPSA) is 54.0 Å². The zero-order valence-corrected chi connectivity index (χ0v) is 14.1. The molecule has 0 spiro atoms. The molecule has 0 fully saturated rings. The van der Waals surface area contributed by atoms with E-state index in [1.54, 1.807) is 0 Å². The van der Waals surface area contributed by atoms with Crippen LogP contribution in [0.25, 0.3) is 0 Å². The molecule has 0 aromatic carbocycles. The van der Waals surface area contributed by atoms with E-state index in [9.17, 15) is 4.79 Å². The lowest BCUT2D eigenvalue weighted by Crippen LogP contribution is -2.52. The Labute approximate surface area is 117 Å². The summed E-state index contributed by atoms with van der Waals surface area (Å²) >= 11 is 0. The fourth-order valence-electron chi connectivity index (χ4n) is 1.40. The first-order valence-corrected chi connectivity index (χ1v) is 8.89. The molecule has 0 amide bonds. The predicted octanol–water partition coefficient (Wildman–Crippen LogP) is 2.55. The van der Waals surface area contributed by atoms with Crippen LogP contribution in [-0.4, -0.2) is 40.8 Å². The average Bonchev–Trinajstić information content (AvgIpc) is 2.37. The SMILES string of the molecule is CCO[Si](COC(=O)C(C)(C)CC)(OCC)OCC. The molecule has 0 rings (SSSR count). The maximum Gasteiger partial charge on any atom is 0.540 e. The van der Waals surface area contributed by atoms with E-state index in [4.69, 9.17) is 18.0 Å². The molecule has 0 atom stereocenters. The Hall–Kier alpha value is -0.433. The molecule has 0 heterocycles. The molecule has 0 bridgehead atoms. The van der Waals surface area contributed by atoms with Gasteiger partial charge in [0.05, 0.1) is 5.41 Å². The van der Waals surface area contributed by atoms with E-state index in [-0.39, 0.29) is 12.2 Å². The van der Waals surface area contributed by atoms with Gasteiger partial charge in [-0.2, -0.15) is 0 Å². The first-order valence-electron chi connectivity index (χ1n) is 6.96. The number of hydrogen-bond acceptors (Lipinski definition) is 5. The molecule has 0 N–H and O–H groups in total. The van der Waals surface area contributed by atoms with Crippen LogP contribution in [0.1, 0.15) is 48.0 Å². The van der Waals surface area contributed by atoms with Gasteiger partial charge >= 0.3 is 14.8 Å². The Morgan fingerprint density at radius 2 is 1.37 bits per heavy atom. The molecule has 0 saturated heterocycles. The fraction of sp³-hybridized carbons (Fsp3) is 0.923. The molecule has 0 unspecified atom stereocenters. The Morgan fingerprint density at radius 1 is 0.947 bits per heavy atom. The van der Waals surface area contributed by atoms with E-state index in [1.165, 1.54) is 0 Å². The van der Waals surface area contributed by atoms with Gasteiger partial charge < -0.3 is 18.0 Å². The largest absolute Gasteiger partial charge is 0.540 e. The van der Waals surface area contributed by atoms with E-state index >= 15 is 0 Å². The highest BCUT2D eigenvalue weighted by atomic mass is 28.4. The Morgan fingerprint density at radius 3 is 1.68 bits per heavy atom. The number of esters is 1. The molecular formula is C13H28O5Si. The average molecular weight is 292 g/mol. The Kier molecular flexibility index (Phi) is 8.48. The molecule has 19 heavy (non-hydrogen) atoms. The molecule has 0 aliphatic rings. The van der Waals surface area contributed by atoms with Gasteiger partial charge in [0, 0.05) is 19.8 Å². The van der Waals surface area contributed by atoms with Gasteiger partial charge in [0.25, 0.3) is 0 Å². The van der Waals surface area contributed by atoms with Crippen LogP contribution < -0.4 is 0 Å². The van der Waals surface area contributed by atoms with Crippen molar-refractivity contribution in [3.8, 4) is 0 Å². The van der Waals surface area contributed by atoms with E-state index in [0.717, 1.165) is 6.42 Å². The van der Waals surface area contributed by atoms with Crippen molar-refractivity contribution in [2.45, 2.75) is 48.0 Å². The molecule has 0 aromatic heterocycles. The van der Waals surface area contributed by atoms with Crippen LogP contribution >= 0.6 is 0 Å². The van der Waals surface area contributed by atoms with Gasteiger partial charge in [-0.1, -0.05) is 6.92 Å². The van der Waals surface area contributed by atoms with Crippen molar-refractivity contribution in [3.05, 3.63) is 0 Å². The zero-order chi connectivity index (χ0) is 14.9. The third-order valence-corrected chi connectivity index (χ3v) is 5.59. The Bertz CT molecular complexity index is 251. The highest BCUT2D eigenvalue weighted by Crippen LogP contribution is 2.22. The number of rotatable bonds is 10. The van der Waals surface area contributed by atoms with Crippen LogP contribution in [0.2, 0.25) is 0 Å². The minimum Gasteiger partial charge on any atom is -0.461 e. The van der Waals surface area contributed by atoms with E-state index in [2.05, 4.69) is 0 Å². The summed E-state index contributed by atoms with van der Waals surface area (Å²) in [5.41, 5.74) is -0.495. The minimum absolute atomic E-state index is 0.0742. The maximum absolute atomic E-state index is 12.0. The minimum atomic E-state index is -2.89. The van der Waals surface area contributed by atoms with Crippen LogP contribution in [-0.2, 0) is 22.8 Å². The number of ether oxygens (including phenoxy) is 1. The summed E-state index contributed by atoms with van der Waals surface area (Å²) in [6, 6.07) is 0. The molecule has 0 aliphatic heterocycles. The summed E-state index contributed by atoms with van der Waals surface area (Å²) in [6.07, 6.45) is 0.795. The predicted molar refractivity (Wildman–Crippen MR) is 75.7 cm³/mol. The zero-order valence-electron chi connectivity index (χ0n) is 13.1. The molecule has 5 nitrogen and oxygen atoms in total. The summed E-state index contributed by atoms with van der Waals surface area (Å²) in [6.45, 7) is 12.7. The first kappa shape index (κ1) is 18.6. The van der Waals surface area contributed by atoms with Crippen LogP contribution in [0.4, 0.5) is 0 Å². The van der Waals surface area contributed by atoms with Crippen LogP contribution in [0, 0.1) is 5.41 Å². The fourth-order valence-corrected chi connectivity index (χ4v) is 3.53. The number of carbonyl (C=O) groups is 1. The van der Waals surface area contributed by atoms with Crippen molar-refractivity contribution in [1.82, 2.24) is 0 Å². The van der Waals surface area contributed by atoms with E-state index < -0.39 is 14.2 Å². The number of carbonyl (C=O) groups excluding carboxylic acids is 1. The molecule has 0 aromatic rings. The second-order valence-corrected chi connectivity index (χ2v) is 7.32. The van der Waals surface area contributed by atoms with E-state index in [0.29, 0.717) is 19.8 Å². The van der Waals surface area contributed by atoms with Crippen molar-refractivity contribution < 1.29 is 22.8 Å². The van der Waals surface area contributed by atoms with Crippen LogP contribution in [0.3, 0.4) is 0 Å². The standard InChI is InChI=1S/C13H28O5Si/c1-7-13(5,6)12(14)15-11-19(16-8-2,17-9-3)18-10-4/h7-11H2,1-6H3. The first-order chi connectivity index (χ1) is 8.87. The molecular weight excluding hydrogens is 264 g/mol. The lowest BCUT2D eigenvalue weighted by molar-refractivity contribution is -0.154. The van der Waals surface area contributed by atoms with Crippen molar-refractivity contribution in [1.29, 1.82) is 0 Å². The van der Waals surface area contributed by atoms with Gasteiger partial charge in [-0.05, 0) is 41.0 Å². The van der Waals surface area contributed by atoms with E-state index in [1.807, 2.05) is 41.5 Å². The van der Waals surface area contributed by atoms with Gasteiger partial charge in [-0.15, -0.1) is 0 Å².